The third kappa shape index (κ3) is 4.69. The van der Waals surface area contributed by atoms with E-state index < -0.39 is 0 Å². The van der Waals surface area contributed by atoms with Crippen LogP contribution in [0.5, 0.6) is 0 Å². The van der Waals surface area contributed by atoms with Crippen molar-refractivity contribution in [2.75, 3.05) is 0 Å². The van der Waals surface area contributed by atoms with E-state index in [9.17, 15) is 0 Å². The van der Waals surface area contributed by atoms with Gasteiger partial charge in [-0.1, -0.05) is 54.4 Å². The van der Waals surface area contributed by atoms with Crippen molar-refractivity contribution in [3.8, 4) is 0 Å². The van der Waals surface area contributed by atoms with Crippen LogP contribution in [0, 0.1) is 17.3 Å². The molecule has 0 nitrogen and oxygen atoms in total. The monoisotopic (exact) mass is 184 g/mol. The normalized spacial score (nSPS) is 12.9. The first kappa shape index (κ1) is 13.0. The molecule has 0 heterocycles. The first-order chi connectivity index (χ1) is 5.95. The molecule has 0 saturated carbocycles. The summed E-state index contributed by atoms with van der Waals surface area (Å²) in [6.45, 7) is 14.1. The summed E-state index contributed by atoms with van der Waals surface area (Å²) in [5.74, 6) is 1.69. The molecule has 0 fully saturated rings. The van der Waals surface area contributed by atoms with Crippen LogP contribution in [0.4, 0.5) is 0 Å². The average Bonchev–Trinajstić information content (AvgIpc) is 2.01. The molecule has 0 saturated heterocycles. The Balaban J connectivity index is 4.30. The van der Waals surface area contributed by atoms with Crippen molar-refractivity contribution in [3.63, 3.8) is 0 Å². The first-order valence-electron chi connectivity index (χ1n) is 5.95. The first-order valence-corrected chi connectivity index (χ1v) is 5.95. The molecule has 0 aromatic carbocycles. The molecule has 0 radical (unpaired) electrons. The van der Waals surface area contributed by atoms with Gasteiger partial charge in [0.25, 0.3) is 0 Å². The van der Waals surface area contributed by atoms with E-state index in [1.54, 1.807) is 0 Å². The highest BCUT2D eigenvalue weighted by molar-refractivity contribution is 4.78. The molecule has 0 aliphatic heterocycles. The highest BCUT2D eigenvalue weighted by atomic mass is 14.3. The van der Waals surface area contributed by atoms with Crippen molar-refractivity contribution in [2.24, 2.45) is 17.3 Å². The molecular formula is C13H28. The summed E-state index contributed by atoms with van der Waals surface area (Å²) in [5, 5.41) is 0. The van der Waals surface area contributed by atoms with Gasteiger partial charge >= 0.3 is 0 Å². The van der Waals surface area contributed by atoms with Crippen molar-refractivity contribution in [2.45, 2.75) is 67.2 Å². The molecule has 0 spiro atoms. The molecule has 0 rings (SSSR count). The van der Waals surface area contributed by atoms with Crippen molar-refractivity contribution >= 4 is 0 Å². The lowest BCUT2D eigenvalue weighted by Crippen LogP contribution is -2.23. The molecule has 0 N–H and O–H groups in total. The van der Waals surface area contributed by atoms with Gasteiger partial charge in [-0.2, -0.15) is 0 Å². The second-order valence-electron chi connectivity index (χ2n) is 5.40. The Morgan fingerprint density at radius 1 is 0.769 bits per heavy atom. The van der Waals surface area contributed by atoms with E-state index in [1.807, 2.05) is 0 Å². The molecule has 0 heteroatoms. The van der Waals surface area contributed by atoms with E-state index in [-0.39, 0.29) is 0 Å². The van der Waals surface area contributed by atoms with E-state index in [0.717, 1.165) is 11.8 Å². The lowest BCUT2D eigenvalue weighted by Gasteiger charge is -2.35. The van der Waals surface area contributed by atoms with Crippen LogP contribution in [0.15, 0.2) is 0 Å². The van der Waals surface area contributed by atoms with Gasteiger partial charge in [0.15, 0.2) is 0 Å². The topological polar surface area (TPSA) is 0 Å². The average molecular weight is 184 g/mol. The van der Waals surface area contributed by atoms with Crippen molar-refractivity contribution in [1.29, 1.82) is 0 Å². The smallest absolute Gasteiger partial charge is 0.0298 e. The molecule has 0 unspecified atom stereocenters. The lowest BCUT2D eigenvalue weighted by atomic mass is 9.71. The summed E-state index contributed by atoms with van der Waals surface area (Å²) in [7, 11) is 0. The molecule has 0 aromatic heterocycles. The molecule has 0 atom stereocenters. The summed E-state index contributed by atoms with van der Waals surface area (Å²) in [4.78, 5) is 0. The molecule has 0 bridgehead atoms. The molecule has 80 valence electrons. The van der Waals surface area contributed by atoms with Crippen molar-refractivity contribution in [1.82, 2.24) is 0 Å². The van der Waals surface area contributed by atoms with E-state index in [0.29, 0.717) is 5.41 Å². The Labute approximate surface area is 85.1 Å². The third-order valence-corrected chi connectivity index (χ3v) is 3.18. The van der Waals surface area contributed by atoms with Gasteiger partial charge in [-0.3, -0.25) is 0 Å². The van der Waals surface area contributed by atoms with Crippen LogP contribution in [0.25, 0.3) is 0 Å². The minimum Gasteiger partial charge on any atom is -0.0649 e. The maximum atomic E-state index is 2.36. The SMILES string of the molecule is CCC(CC)(CC(C)C)CC(C)C. The van der Waals surface area contributed by atoms with Crippen LogP contribution in [-0.4, -0.2) is 0 Å². The van der Waals surface area contributed by atoms with Crippen LogP contribution < -0.4 is 0 Å². The van der Waals surface area contributed by atoms with Gasteiger partial charge in [0.1, 0.15) is 0 Å². The fourth-order valence-corrected chi connectivity index (χ4v) is 2.64. The Bertz CT molecular complexity index is 106. The Morgan fingerprint density at radius 3 is 1.23 bits per heavy atom. The van der Waals surface area contributed by atoms with Crippen LogP contribution in [0.3, 0.4) is 0 Å². The summed E-state index contributed by atoms with van der Waals surface area (Å²) in [6, 6.07) is 0. The fourth-order valence-electron chi connectivity index (χ4n) is 2.64. The Morgan fingerprint density at radius 2 is 1.08 bits per heavy atom. The van der Waals surface area contributed by atoms with Gasteiger partial charge in [-0.25, -0.2) is 0 Å². The quantitative estimate of drug-likeness (QED) is 0.551. The number of hydrogen-bond donors (Lipinski definition) is 0. The van der Waals surface area contributed by atoms with Crippen LogP contribution in [-0.2, 0) is 0 Å². The van der Waals surface area contributed by atoms with Crippen molar-refractivity contribution < 1.29 is 0 Å². The number of rotatable bonds is 6. The maximum absolute atomic E-state index is 2.36. The summed E-state index contributed by atoms with van der Waals surface area (Å²) in [5.41, 5.74) is 0.627. The zero-order chi connectivity index (χ0) is 10.5. The Hall–Kier alpha value is 0. The molecule has 13 heavy (non-hydrogen) atoms. The van der Waals surface area contributed by atoms with E-state index in [4.69, 9.17) is 0 Å². The highest BCUT2D eigenvalue weighted by Gasteiger charge is 2.27. The zero-order valence-electron chi connectivity index (χ0n) is 10.5. The molecule has 0 aromatic rings. The zero-order valence-corrected chi connectivity index (χ0v) is 10.5. The highest BCUT2D eigenvalue weighted by Crippen LogP contribution is 2.39. The number of hydrogen-bond acceptors (Lipinski definition) is 0. The standard InChI is InChI=1S/C13H28/c1-7-13(8-2,9-11(3)4)10-12(5)6/h11-12H,7-10H2,1-6H3. The minimum absolute atomic E-state index is 0.627. The lowest BCUT2D eigenvalue weighted by molar-refractivity contribution is 0.164. The maximum Gasteiger partial charge on any atom is -0.0298 e. The summed E-state index contributed by atoms with van der Waals surface area (Å²) >= 11 is 0. The van der Waals surface area contributed by atoms with Gasteiger partial charge in [-0.05, 0) is 30.1 Å². The molecule has 0 aliphatic carbocycles. The largest absolute Gasteiger partial charge is 0.0649 e. The van der Waals surface area contributed by atoms with E-state index >= 15 is 0 Å². The van der Waals surface area contributed by atoms with Crippen molar-refractivity contribution in [3.05, 3.63) is 0 Å². The predicted molar refractivity (Wildman–Crippen MR) is 61.9 cm³/mol. The van der Waals surface area contributed by atoms with Gasteiger partial charge < -0.3 is 0 Å². The van der Waals surface area contributed by atoms with E-state index in [2.05, 4.69) is 41.5 Å². The second kappa shape index (κ2) is 5.67. The van der Waals surface area contributed by atoms with Gasteiger partial charge in [-0.15, -0.1) is 0 Å². The van der Waals surface area contributed by atoms with Crippen LogP contribution >= 0.6 is 0 Å². The predicted octanol–water partition coefficient (Wildman–Crippen LogP) is 4.89. The molecular weight excluding hydrogens is 156 g/mol. The van der Waals surface area contributed by atoms with Gasteiger partial charge in [0.05, 0.1) is 0 Å². The van der Waals surface area contributed by atoms with E-state index in [1.165, 1.54) is 25.7 Å². The van der Waals surface area contributed by atoms with Gasteiger partial charge in [0, 0.05) is 0 Å². The van der Waals surface area contributed by atoms with Crippen LogP contribution in [0.1, 0.15) is 67.2 Å². The molecule has 0 aliphatic rings. The molecule has 0 amide bonds. The van der Waals surface area contributed by atoms with Gasteiger partial charge in [0.2, 0.25) is 0 Å². The van der Waals surface area contributed by atoms with Crippen LogP contribution in [0.2, 0.25) is 0 Å². The fraction of sp³-hybridized carbons (Fsp3) is 1.00. The summed E-state index contributed by atoms with van der Waals surface area (Å²) in [6.07, 6.45) is 5.50. The summed E-state index contributed by atoms with van der Waals surface area (Å²) < 4.78 is 0. The second-order valence-corrected chi connectivity index (χ2v) is 5.40. The third-order valence-electron chi connectivity index (χ3n) is 3.18. The minimum atomic E-state index is 0.627. The Kier molecular flexibility index (Phi) is 5.67.